The van der Waals surface area contributed by atoms with Gasteiger partial charge in [0.1, 0.15) is 5.69 Å². The van der Waals surface area contributed by atoms with Crippen molar-refractivity contribution < 1.29 is 4.79 Å². The Bertz CT molecular complexity index is 766. The number of amides is 1. The Morgan fingerprint density at radius 3 is 2.91 bits per heavy atom. The predicted octanol–water partition coefficient (Wildman–Crippen LogP) is 0.166. The molecule has 7 nitrogen and oxygen atoms in total. The van der Waals surface area contributed by atoms with Crippen molar-refractivity contribution in [2.24, 2.45) is 7.05 Å². The second kappa shape index (κ2) is 5.67. The van der Waals surface area contributed by atoms with Gasteiger partial charge in [-0.15, -0.1) is 0 Å². The number of nitrogens with one attached hydrogen (secondary N) is 1. The number of rotatable bonds is 2. The number of aromatic nitrogens is 4. The summed E-state index contributed by atoms with van der Waals surface area (Å²) in [5.41, 5.74) is 2.79. The molecule has 1 aliphatic rings. The topological polar surface area (TPSA) is 89.8 Å². The normalized spacial score (nSPS) is 16.9. The zero-order valence-corrected chi connectivity index (χ0v) is 12.5. The molecule has 7 heteroatoms. The number of hydrogen-bond acceptors (Lipinski definition) is 5. The SMILES string of the molecule is Cc1cnc(C(=O)N[C@H]2CCc3nn(C)c(=O)cc3C2)cn1. The highest BCUT2D eigenvalue weighted by molar-refractivity contribution is 5.92. The molecule has 0 bridgehead atoms. The fraction of sp³-hybridized carbons (Fsp3) is 0.400. The van der Waals surface area contributed by atoms with Gasteiger partial charge in [-0.2, -0.15) is 5.10 Å². The van der Waals surface area contributed by atoms with Gasteiger partial charge in [-0.05, 0) is 31.7 Å². The lowest BCUT2D eigenvalue weighted by Gasteiger charge is -2.24. The zero-order chi connectivity index (χ0) is 15.7. The van der Waals surface area contributed by atoms with Gasteiger partial charge < -0.3 is 5.32 Å². The number of fused-ring (bicyclic) bond motifs is 1. The summed E-state index contributed by atoms with van der Waals surface area (Å²) < 4.78 is 1.35. The number of carbonyl (C=O) groups excluding carboxylic acids is 1. The lowest BCUT2D eigenvalue weighted by Crippen LogP contribution is -2.40. The first-order chi connectivity index (χ1) is 10.5. The van der Waals surface area contributed by atoms with Gasteiger partial charge >= 0.3 is 0 Å². The average Bonchev–Trinajstić information content (AvgIpc) is 2.49. The maximum Gasteiger partial charge on any atom is 0.271 e. The fourth-order valence-electron chi connectivity index (χ4n) is 2.58. The molecular weight excluding hydrogens is 282 g/mol. The van der Waals surface area contributed by atoms with E-state index in [4.69, 9.17) is 0 Å². The Balaban J connectivity index is 1.72. The van der Waals surface area contributed by atoms with Crippen LogP contribution in [0.25, 0.3) is 0 Å². The molecule has 0 saturated carbocycles. The van der Waals surface area contributed by atoms with Crippen molar-refractivity contribution in [3.8, 4) is 0 Å². The number of nitrogens with zero attached hydrogens (tertiary/aromatic N) is 4. The van der Waals surface area contributed by atoms with Gasteiger partial charge in [-0.1, -0.05) is 0 Å². The molecule has 22 heavy (non-hydrogen) atoms. The maximum atomic E-state index is 12.2. The highest BCUT2D eigenvalue weighted by Gasteiger charge is 2.23. The van der Waals surface area contributed by atoms with Crippen LogP contribution in [0.15, 0.2) is 23.3 Å². The van der Waals surface area contributed by atoms with Crippen LogP contribution in [0.1, 0.15) is 33.9 Å². The van der Waals surface area contributed by atoms with Crippen LogP contribution in [0, 0.1) is 6.92 Å². The Labute approximate surface area is 127 Å². The van der Waals surface area contributed by atoms with Crippen molar-refractivity contribution in [3.63, 3.8) is 0 Å². The van der Waals surface area contributed by atoms with Gasteiger partial charge in [0, 0.05) is 25.4 Å². The van der Waals surface area contributed by atoms with Gasteiger partial charge in [0.05, 0.1) is 17.6 Å². The van der Waals surface area contributed by atoms with Crippen molar-refractivity contribution in [1.29, 1.82) is 0 Å². The lowest BCUT2D eigenvalue weighted by atomic mass is 9.92. The highest BCUT2D eigenvalue weighted by Crippen LogP contribution is 2.18. The summed E-state index contributed by atoms with van der Waals surface area (Å²) in [6.07, 6.45) is 5.19. The second-order valence-electron chi connectivity index (χ2n) is 5.53. The van der Waals surface area contributed by atoms with Gasteiger partial charge in [0.2, 0.25) is 0 Å². The van der Waals surface area contributed by atoms with E-state index in [1.54, 1.807) is 19.3 Å². The van der Waals surface area contributed by atoms with Crippen molar-refractivity contribution >= 4 is 5.91 Å². The van der Waals surface area contributed by atoms with Crippen LogP contribution < -0.4 is 10.9 Å². The Morgan fingerprint density at radius 2 is 2.18 bits per heavy atom. The first-order valence-corrected chi connectivity index (χ1v) is 7.18. The average molecular weight is 299 g/mol. The summed E-state index contributed by atoms with van der Waals surface area (Å²) >= 11 is 0. The summed E-state index contributed by atoms with van der Waals surface area (Å²) in [6.45, 7) is 1.82. The minimum atomic E-state index is -0.238. The summed E-state index contributed by atoms with van der Waals surface area (Å²) in [6, 6.07) is 1.59. The van der Waals surface area contributed by atoms with Crippen molar-refractivity contribution in [1.82, 2.24) is 25.1 Å². The van der Waals surface area contributed by atoms with E-state index >= 15 is 0 Å². The maximum absolute atomic E-state index is 12.2. The molecule has 1 amide bonds. The monoisotopic (exact) mass is 299 g/mol. The number of aryl methyl sites for hydroxylation is 3. The number of hydrogen-bond donors (Lipinski definition) is 1. The Kier molecular flexibility index (Phi) is 3.70. The molecule has 1 N–H and O–H groups in total. The van der Waals surface area contributed by atoms with Crippen molar-refractivity contribution in [2.45, 2.75) is 32.2 Å². The van der Waals surface area contributed by atoms with Gasteiger partial charge in [0.15, 0.2) is 0 Å². The van der Waals surface area contributed by atoms with Crippen LogP contribution >= 0.6 is 0 Å². The third-order valence-electron chi connectivity index (χ3n) is 3.80. The van der Waals surface area contributed by atoms with Crippen LogP contribution in [0.4, 0.5) is 0 Å². The molecular formula is C15H17N5O2. The summed E-state index contributed by atoms with van der Waals surface area (Å²) in [4.78, 5) is 32.0. The van der Waals surface area contributed by atoms with Crippen LogP contribution in [-0.2, 0) is 19.9 Å². The number of carbonyl (C=O) groups is 1. The first-order valence-electron chi connectivity index (χ1n) is 7.18. The third kappa shape index (κ3) is 2.88. The van der Waals surface area contributed by atoms with E-state index in [1.165, 1.54) is 10.9 Å². The van der Waals surface area contributed by atoms with E-state index in [2.05, 4.69) is 20.4 Å². The molecule has 0 spiro atoms. The molecule has 114 valence electrons. The summed E-state index contributed by atoms with van der Waals surface area (Å²) in [7, 11) is 1.65. The quantitative estimate of drug-likeness (QED) is 0.853. The molecule has 2 heterocycles. The van der Waals surface area contributed by atoms with E-state index in [1.807, 2.05) is 6.92 Å². The standard InChI is InChI=1S/C15H17N5O2/c1-9-7-17-13(8-16-9)15(22)18-11-3-4-12-10(5-11)6-14(21)20(2)19-12/h6-8,11H,3-5H2,1-2H3,(H,18,22)/t11-/m0/s1. The van der Waals surface area contributed by atoms with Gasteiger partial charge in [-0.25, -0.2) is 9.67 Å². The largest absolute Gasteiger partial charge is 0.348 e. The Hall–Kier alpha value is -2.57. The first kappa shape index (κ1) is 14.4. The molecule has 0 aromatic carbocycles. The fourth-order valence-corrected chi connectivity index (χ4v) is 2.58. The lowest BCUT2D eigenvalue weighted by molar-refractivity contribution is 0.0928. The van der Waals surface area contributed by atoms with E-state index in [0.717, 1.165) is 29.8 Å². The highest BCUT2D eigenvalue weighted by atomic mass is 16.2. The molecule has 2 aromatic heterocycles. The zero-order valence-electron chi connectivity index (χ0n) is 12.5. The third-order valence-corrected chi connectivity index (χ3v) is 3.80. The van der Waals surface area contributed by atoms with Crippen LogP contribution in [-0.4, -0.2) is 31.7 Å². The van der Waals surface area contributed by atoms with Crippen LogP contribution in [0.5, 0.6) is 0 Å². The van der Waals surface area contributed by atoms with Crippen LogP contribution in [0.2, 0.25) is 0 Å². The predicted molar refractivity (Wildman–Crippen MR) is 79.5 cm³/mol. The van der Waals surface area contributed by atoms with Gasteiger partial charge in [0.25, 0.3) is 11.5 Å². The van der Waals surface area contributed by atoms with Crippen molar-refractivity contribution in [2.75, 3.05) is 0 Å². The minimum Gasteiger partial charge on any atom is -0.348 e. The van der Waals surface area contributed by atoms with E-state index in [-0.39, 0.29) is 17.5 Å². The van der Waals surface area contributed by atoms with E-state index in [0.29, 0.717) is 12.1 Å². The molecule has 0 radical (unpaired) electrons. The summed E-state index contributed by atoms with van der Waals surface area (Å²) in [5.74, 6) is -0.238. The van der Waals surface area contributed by atoms with Crippen molar-refractivity contribution in [3.05, 3.63) is 51.5 Å². The molecule has 0 saturated heterocycles. The summed E-state index contributed by atoms with van der Waals surface area (Å²) in [5, 5.41) is 7.22. The molecule has 0 unspecified atom stereocenters. The smallest absolute Gasteiger partial charge is 0.271 e. The van der Waals surface area contributed by atoms with Gasteiger partial charge in [-0.3, -0.25) is 14.6 Å². The van der Waals surface area contributed by atoms with Crippen LogP contribution in [0.3, 0.4) is 0 Å². The molecule has 1 aliphatic carbocycles. The van der Waals surface area contributed by atoms with E-state index < -0.39 is 0 Å². The molecule has 0 aliphatic heterocycles. The molecule has 2 aromatic rings. The Morgan fingerprint density at radius 1 is 1.36 bits per heavy atom. The minimum absolute atomic E-state index is 0.0167. The van der Waals surface area contributed by atoms with E-state index in [9.17, 15) is 9.59 Å². The molecule has 3 rings (SSSR count). The second-order valence-corrected chi connectivity index (χ2v) is 5.53. The molecule has 0 fully saturated rings. The molecule has 1 atom stereocenters.